The smallest absolute Gasteiger partial charge is 0.252 e. The molecule has 4 rings (SSSR count). The van der Waals surface area contributed by atoms with Crippen LogP contribution in [-0.2, 0) is 0 Å². The molecule has 0 amide bonds. The van der Waals surface area contributed by atoms with Crippen LogP contribution in [0.3, 0.4) is 0 Å². The van der Waals surface area contributed by atoms with Crippen molar-refractivity contribution in [2.24, 2.45) is 0 Å². The predicted octanol–water partition coefficient (Wildman–Crippen LogP) is 2.91. The Balaban J connectivity index is 1.53. The van der Waals surface area contributed by atoms with Crippen molar-refractivity contribution in [2.45, 2.75) is 0 Å². The van der Waals surface area contributed by atoms with Gasteiger partial charge in [0.05, 0.1) is 18.5 Å². The average molecular weight is 380 g/mol. The highest BCUT2D eigenvalue weighted by Crippen LogP contribution is 2.29. The molecule has 2 heterocycles. The zero-order valence-corrected chi connectivity index (χ0v) is 15.6. The molecule has 1 aliphatic rings. The number of anilines is 2. The Kier molecular flexibility index (Phi) is 4.97. The average Bonchev–Trinajstić information content (AvgIpc) is 2.74. The molecule has 1 aromatic heterocycles. The molecule has 0 aliphatic carbocycles. The first-order valence-electron chi connectivity index (χ1n) is 9.14. The first-order valence-corrected chi connectivity index (χ1v) is 9.14. The van der Waals surface area contributed by atoms with Crippen molar-refractivity contribution in [1.29, 1.82) is 0 Å². The van der Waals surface area contributed by atoms with Crippen molar-refractivity contribution in [3.05, 3.63) is 70.8 Å². The third-order valence-electron chi connectivity index (χ3n) is 4.87. The molecule has 7 heteroatoms. The minimum absolute atomic E-state index is 0.225. The van der Waals surface area contributed by atoms with E-state index in [4.69, 9.17) is 4.74 Å². The maximum atomic E-state index is 13.2. The van der Waals surface area contributed by atoms with Crippen LogP contribution < -0.4 is 20.1 Å². The predicted molar refractivity (Wildman–Crippen MR) is 108 cm³/mol. The van der Waals surface area contributed by atoms with Gasteiger partial charge in [-0.1, -0.05) is 12.1 Å². The van der Waals surface area contributed by atoms with Gasteiger partial charge in [0.2, 0.25) is 5.95 Å². The SMILES string of the molecule is COc1ccccc1N1CCN(c2nc(-c3ccc(F)cc3)cc(=O)[nH]2)CC1. The Bertz CT molecular complexity index is 1010. The quantitative estimate of drug-likeness (QED) is 0.754. The number of hydrogen-bond donors (Lipinski definition) is 1. The van der Waals surface area contributed by atoms with E-state index in [0.717, 1.165) is 24.5 Å². The van der Waals surface area contributed by atoms with Gasteiger partial charge >= 0.3 is 0 Å². The zero-order chi connectivity index (χ0) is 19.5. The molecule has 3 aromatic rings. The van der Waals surface area contributed by atoms with E-state index >= 15 is 0 Å². The van der Waals surface area contributed by atoms with Crippen molar-refractivity contribution in [3.63, 3.8) is 0 Å². The molecule has 1 saturated heterocycles. The third kappa shape index (κ3) is 3.69. The molecule has 2 aromatic carbocycles. The molecule has 28 heavy (non-hydrogen) atoms. The molecule has 0 saturated carbocycles. The molecule has 0 unspecified atom stereocenters. The van der Waals surface area contributed by atoms with Crippen molar-refractivity contribution < 1.29 is 9.13 Å². The maximum Gasteiger partial charge on any atom is 0.252 e. The molecule has 0 radical (unpaired) electrons. The highest BCUT2D eigenvalue weighted by molar-refractivity contribution is 5.61. The van der Waals surface area contributed by atoms with Crippen LogP contribution in [0, 0.1) is 5.82 Å². The number of aromatic amines is 1. The molecule has 0 atom stereocenters. The number of para-hydroxylation sites is 2. The largest absolute Gasteiger partial charge is 0.495 e. The van der Waals surface area contributed by atoms with E-state index in [1.165, 1.54) is 18.2 Å². The minimum Gasteiger partial charge on any atom is -0.495 e. The van der Waals surface area contributed by atoms with Crippen LogP contribution >= 0.6 is 0 Å². The lowest BCUT2D eigenvalue weighted by Gasteiger charge is -2.36. The standard InChI is InChI=1S/C21H21FN4O2/c1-28-19-5-3-2-4-18(19)25-10-12-26(13-11-25)21-23-17(14-20(27)24-21)15-6-8-16(22)9-7-15/h2-9,14H,10-13H2,1H3,(H,23,24,27). The van der Waals surface area contributed by atoms with Crippen LogP contribution in [0.15, 0.2) is 59.4 Å². The van der Waals surface area contributed by atoms with Crippen LogP contribution in [0.5, 0.6) is 5.75 Å². The fraction of sp³-hybridized carbons (Fsp3) is 0.238. The number of hydrogen-bond acceptors (Lipinski definition) is 5. The van der Waals surface area contributed by atoms with E-state index in [-0.39, 0.29) is 11.4 Å². The summed E-state index contributed by atoms with van der Waals surface area (Å²) in [6, 6.07) is 15.4. The number of aromatic nitrogens is 2. The van der Waals surface area contributed by atoms with Crippen molar-refractivity contribution >= 4 is 11.6 Å². The lowest BCUT2D eigenvalue weighted by atomic mass is 10.1. The lowest BCUT2D eigenvalue weighted by Crippen LogP contribution is -2.47. The zero-order valence-electron chi connectivity index (χ0n) is 15.6. The van der Waals surface area contributed by atoms with Crippen LogP contribution in [0.1, 0.15) is 0 Å². The van der Waals surface area contributed by atoms with Gasteiger partial charge in [-0.05, 0) is 36.4 Å². The number of nitrogens with one attached hydrogen (secondary N) is 1. The number of halogens is 1. The first kappa shape index (κ1) is 18.0. The number of methoxy groups -OCH3 is 1. The molecular formula is C21H21FN4O2. The molecule has 1 fully saturated rings. The highest BCUT2D eigenvalue weighted by atomic mass is 19.1. The van der Waals surface area contributed by atoms with Crippen molar-refractivity contribution in [3.8, 4) is 17.0 Å². The van der Waals surface area contributed by atoms with E-state index in [1.54, 1.807) is 19.2 Å². The Morgan fingerprint density at radius 2 is 1.68 bits per heavy atom. The third-order valence-corrected chi connectivity index (χ3v) is 4.87. The molecule has 1 N–H and O–H groups in total. The van der Waals surface area contributed by atoms with Gasteiger partial charge < -0.3 is 14.5 Å². The van der Waals surface area contributed by atoms with Crippen molar-refractivity contribution in [1.82, 2.24) is 9.97 Å². The number of H-pyrrole nitrogens is 1. The van der Waals surface area contributed by atoms with Crippen LogP contribution in [0.4, 0.5) is 16.0 Å². The highest BCUT2D eigenvalue weighted by Gasteiger charge is 2.21. The number of benzene rings is 2. The van der Waals surface area contributed by atoms with E-state index in [1.807, 2.05) is 24.3 Å². The minimum atomic E-state index is -0.318. The Morgan fingerprint density at radius 3 is 2.39 bits per heavy atom. The van der Waals surface area contributed by atoms with Crippen molar-refractivity contribution in [2.75, 3.05) is 43.1 Å². The summed E-state index contributed by atoms with van der Waals surface area (Å²) in [5, 5.41) is 0. The van der Waals surface area contributed by atoms with Gasteiger partial charge in [0.15, 0.2) is 0 Å². The number of rotatable bonds is 4. The summed E-state index contributed by atoms with van der Waals surface area (Å²) >= 11 is 0. The number of nitrogens with zero attached hydrogens (tertiary/aromatic N) is 3. The second-order valence-corrected chi connectivity index (χ2v) is 6.61. The van der Waals surface area contributed by atoms with Crippen LogP contribution in [0.2, 0.25) is 0 Å². The molecule has 144 valence electrons. The van der Waals surface area contributed by atoms with E-state index in [0.29, 0.717) is 30.3 Å². The summed E-state index contributed by atoms with van der Waals surface area (Å²) in [5.41, 5.74) is 2.08. The fourth-order valence-corrected chi connectivity index (χ4v) is 3.41. The molecular weight excluding hydrogens is 359 g/mol. The van der Waals surface area contributed by atoms with Gasteiger partial charge in [-0.2, -0.15) is 0 Å². The molecule has 1 aliphatic heterocycles. The summed E-state index contributed by atoms with van der Waals surface area (Å²) in [6.45, 7) is 3.00. The van der Waals surface area contributed by atoms with Gasteiger partial charge in [0.25, 0.3) is 5.56 Å². The number of ether oxygens (including phenoxy) is 1. The first-order chi connectivity index (χ1) is 13.6. The lowest BCUT2D eigenvalue weighted by molar-refractivity contribution is 0.413. The molecule has 0 spiro atoms. The number of piperazine rings is 1. The second kappa shape index (κ2) is 7.72. The van der Waals surface area contributed by atoms with E-state index < -0.39 is 0 Å². The van der Waals surface area contributed by atoms with Crippen LogP contribution in [0.25, 0.3) is 11.3 Å². The summed E-state index contributed by atoms with van der Waals surface area (Å²) in [7, 11) is 1.67. The van der Waals surface area contributed by atoms with Gasteiger partial charge in [0, 0.05) is 37.8 Å². The normalized spacial score (nSPS) is 14.2. The topological polar surface area (TPSA) is 61.5 Å². The Morgan fingerprint density at radius 1 is 1.00 bits per heavy atom. The van der Waals surface area contributed by atoms with Gasteiger partial charge in [-0.25, -0.2) is 9.37 Å². The molecule has 6 nitrogen and oxygen atoms in total. The Hall–Kier alpha value is -3.35. The summed E-state index contributed by atoms with van der Waals surface area (Å²) in [5.74, 6) is 1.06. The van der Waals surface area contributed by atoms with Gasteiger partial charge in [-0.3, -0.25) is 9.78 Å². The summed E-state index contributed by atoms with van der Waals surface area (Å²) in [6.07, 6.45) is 0. The van der Waals surface area contributed by atoms with Gasteiger partial charge in [0.1, 0.15) is 11.6 Å². The summed E-state index contributed by atoms with van der Waals surface area (Å²) in [4.78, 5) is 23.9. The van der Waals surface area contributed by atoms with E-state index in [9.17, 15) is 9.18 Å². The fourth-order valence-electron chi connectivity index (χ4n) is 3.41. The van der Waals surface area contributed by atoms with Gasteiger partial charge in [-0.15, -0.1) is 0 Å². The molecule has 0 bridgehead atoms. The second-order valence-electron chi connectivity index (χ2n) is 6.61. The van der Waals surface area contributed by atoms with E-state index in [2.05, 4.69) is 19.8 Å². The van der Waals surface area contributed by atoms with Crippen LogP contribution in [-0.4, -0.2) is 43.3 Å². The Labute approximate surface area is 162 Å². The monoisotopic (exact) mass is 380 g/mol. The summed E-state index contributed by atoms with van der Waals surface area (Å²) < 4.78 is 18.6. The maximum absolute atomic E-state index is 13.2.